The van der Waals surface area contributed by atoms with Crippen molar-refractivity contribution in [3.05, 3.63) is 35.6 Å². The molecule has 0 saturated carbocycles. The molecule has 1 N–H and O–H groups in total. The number of nitrogens with zero attached hydrogens (tertiary/aromatic N) is 2. The summed E-state index contributed by atoms with van der Waals surface area (Å²) in [5.41, 5.74) is 2.12. The van der Waals surface area contributed by atoms with Crippen molar-refractivity contribution < 1.29 is 9.15 Å². The minimum Gasteiger partial charge on any atom is -0.459 e. The van der Waals surface area contributed by atoms with Crippen LogP contribution in [0.15, 0.2) is 33.7 Å². The van der Waals surface area contributed by atoms with Gasteiger partial charge in [-0.15, -0.1) is 24.0 Å². The molecule has 1 atom stereocenters. The fourth-order valence-electron chi connectivity index (χ4n) is 3.35. The zero-order valence-electron chi connectivity index (χ0n) is 15.2. The maximum Gasteiger partial charge on any atom is 0.194 e. The van der Waals surface area contributed by atoms with Gasteiger partial charge in [-0.1, -0.05) is 18.2 Å². The van der Waals surface area contributed by atoms with Gasteiger partial charge in [0.2, 0.25) is 0 Å². The van der Waals surface area contributed by atoms with Gasteiger partial charge in [0.25, 0.3) is 0 Å². The van der Waals surface area contributed by atoms with Gasteiger partial charge >= 0.3 is 0 Å². The van der Waals surface area contributed by atoms with Gasteiger partial charge in [0, 0.05) is 43.6 Å². The number of methoxy groups -OCH3 is 1. The number of halogens is 1. The molecular formula is C19H28IN3O2. The summed E-state index contributed by atoms with van der Waals surface area (Å²) in [6.07, 6.45) is 1.15. The molecule has 0 spiro atoms. The van der Waals surface area contributed by atoms with Crippen molar-refractivity contribution in [3.63, 3.8) is 0 Å². The Kier molecular flexibility index (Phi) is 7.56. The van der Waals surface area contributed by atoms with Gasteiger partial charge in [-0.3, -0.25) is 0 Å². The van der Waals surface area contributed by atoms with Crippen LogP contribution in [-0.2, 0) is 11.3 Å². The van der Waals surface area contributed by atoms with Crippen molar-refractivity contribution in [2.45, 2.75) is 26.8 Å². The number of benzene rings is 1. The van der Waals surface area contributed by atoms with Crippen molar-refractivity contribution in [2.24, 2.45) is 10.9 Å². The average Bonchev–Trinajstić information content (AvgIpc) is 3.17. The highest BCUT2D eigenvalue weighted by molar-refractivity contribution is 14.0. The van der Waals surface area contributed by atoms with E-state index < -0.39 is 0 Å². The first-order chi connectivity index (χ1) is 11.7. The number of nitrogens with one attached hydrogen (secondary N) is 1. The third kappa shape index (κ3) is 4.67. The van der Waals surface area contributed by atoms with Crippen molar-refractivity contribution >= 4 is 40.9 Å². The molecule has 0 amide bonds. The van der Waals surface area contributed by atoms with Crippen molar-refractivity contribution in [2.75, 3.05) is 33.4 Å². The fraction of sp³-hybridized carbons (Fsp3) is 0.526. The molecule has 0 bridgehead atoms. The standard InChI is InChI=1S/C19H27N3O2.HI/c1-4-20-19(22-10-9-15(12-22)13-23-3)21-11-18-14(2)16-7-5-6-8-17(16)24-18;/h5-8,15H,4,9-13H2,1-3H3,(H,20,21);1H. The van der Waals surface area contributed by atoms with Gasteiger partial charge in [-0.25, -0.2) is 4.99 Å². The second-order valence-electron chi connectivity index (χ2n) is 6.37. The Bertz CT molecular complexity index is 714. The lowest BCUT2D eigenvalue weighted by molar-refractivity contribution is 0.157. The Morgan fingerprint density at radius 3 is 2.92 bits per heavy atom. The minimum absolute atomic E-state index is 0. The number of likely N-dealkylation sites (tertiary alicyclic amines) is 1. The number of rotatable bonds is 5. The van der Waals surface area contributed by atoms with E-state index in [-0.39, 0.29) is 24.0 Å². The van der Waals surface area contributed by atoms with E-state index in [4.69, 9.17) is 14.1 Å². The largest absolute Gasteiger partial charge is 0.459 e. The van der Waals surface area contributed by atoms with E-state index in [1.54, 1.807) is 7.11 Å². The van der Waals surface area contributed by atoms with Crippen LogP contribution >= 0.6 is 24.0 Å². The highest BCUT2D eigenvalue weighted by atomic mass is 127. The number of aryl methyl sites for hydroxylation is 1. The van der Waals surface area contributed by atoms with Crippen LogP contribution in [-0.4, -0.2) is 44.2 Å². The molecule has 1 unspecified atom stereocenters. The summed E-state index contributed by atoms with van der Waals surface area (Å²) < 4.78 is 11.3. The Labute approximate surface area is 166 Å². The number of hydrogen-bond acceptors (Lipinski definition) is 3. The maximum absolute atomic E-state index is 5.98. The maximum atomic E-state index is 5.98. The van der Waals surface area contributed by atoms with Crippen LogP contribution in [0, 0.1) is 12.8 Å². The summed E-state index contributed by atoms with van der Waals surface area (Å²) in [5.74, 6) is 2.50. The summed E-state index contributed by atoms with van der Waals surface area (Å²) in [4.78, 5) is 7.14. The quantitative estimate of drug-likeness (QED) is 0.422. The molecule has 25 heavy (non-hydrogen) atoms. The molecule has 1 aromatic heterocycles. The highest BCUT2D eigenvalue weighted by Gasteiger charge is 2.24. The molecule has 2 aromatic rings. The third-order valence-electron chi connectivity index (χ3n) is 4.64. The molecule has 138 valence electrons. The smallest absolute Gasteiger partial charge is 0.194 e. The summed E-state index contributed by atoms with van der Waals surface area (Å²) in [6, 6.07) is 8.16. The number of guanidine groups is 1. The molecule has 1 aromatic carbocycles. The minimum atomic E-state index is 0. The second-order valence-corrected chi connectivity index (χ2v) is 6.37. The molecule has 1 aliphatic rings. The Balaban J connectivity index is 0.00000225. The number of fused-ring (bicyclic) bond motifs is 1. The predicted molar refractivity (Wildman–Crippen MR) is 113 cm³/mol. The predicted octanol–water partition coefficient (Wildman–Crippen LogP) is 3.79. The molecule has 1 fully saturated rings. The lowest BCUT2D eigenvalue weighted by Gasteiger charge is -2.21. The molecule has 6 heteroatoms. The van der Waals surface area contributed by atoms with Crippen molar-refractivity contribution in [3.8, 4) is 0 Å². The highest BCUT2D eigenvalue weighted by Crippen LogP contribution is 2.25. The molecule has 0 aliphatic carbocycles. The van der Waals surface area contributed by atoms with E-state index in [1.165, 1.54) is 10.9 Å². The summed E-state index contributed by atoms with van der Waals surface area (Å²) in [7, 11) is 1.77. The molecule has 1 aliphatic heterocycles. The monoisotopic (exact) mass is 457 g/mol. The third-order valence-corrected chi connectivity index (χ3v) is 4.64. The Morgan fingerprint density at radius 2 is 2.20 bits per heavy atom. The summed E-state index contributed by atoms with van der Waals surface area (Å²) >= 11 is 0. The van der Waals surface area contributed by atoms with E-state index in [2.05, 4.69) is 30.1 Å². The lowest BCUT2D eigenvalue weighted by Crippen LogP contribution is -2.40. The van der Waals surface area contributed by atoms with Crippen molar-refractivity contribution in [1.82, 2.24) is 10.2 Å². The van der Waals surface area contributed by atoms with Gasteiger partial charge in [0.15, 0.2) is 5.96 Å². The molecule has 1 saturated heterocycles. The van der Waals surface area contributed by atoms with E-state index in [1.807, 2.05) is 18.2 Å². The van der Waals surface area contributed by atoms with Gasteiger partial charge in [-0.05, 0) is 26.3 Å². The zero-order valence-corrected chi connectivity index (χ0v) is 17.6. The van der Waals surface area contributed by atoms with Crippen LogP contribution in [0.1, 0.15) is 24.7 Å². The van der Waals surface area contributed by atoms with Crippen LogP contribution in [0.4, 0.5) is 0 Å². The fourth-order valence-corrected chi connectivity index (χ4v) is 3.35. The molecular weight excluding hydrogens is 429 g/mol. The lowest BCUT2D eigenvalue weighted by atomic mass is 10.1. The first-order valence-electron chi connectivity index (χ1n) is 8.72. The van der Waals surface area contributed by atoms with E-state index in [9.17, 15) is 0 Å². The first kappa shape index (κ1) is 20.0. The number of furan rings is 1. The Morgan fingerprint density at radius 1 is 1.40 bits per heavy atom. The van der Waals surface area contributed by atoms with Gasteiger partial charge in [-0.2, -0.15) is 0 Å². The van der Waals surface area contributed by atoms with Crippen LogP contribution in [0.3, 0.4) is 0 Å². The molecule has 2 heterocycles. The van der Waals surface area contributed by atoms with Gasteiger partial charge in [0.05, 0.1) is 6.61 Å². The van der Waals surface area contributed by atoms with E-state index >= 15 is 0 Å². The Hall–Kier alpha value is -1.28. The first-order valence-corrected chi connectivity index (χ1v) is 8.72. The van der Waals surface area contributed by atoms with E-state index in [0.29, 0.717) is 12.5 Å². The molecule has 0 radical (unpaired) electrons. The zero-order chi connectivity index (χ0) is 16.9. The number of aliphatic imine (C=N–C) groups is 1. The van der Waals surface area contributed by atoms with Gasteiger partial charge in [0.1, 0.15) is 17.9 Å². The number of hydrogen-bond donors (Lipinski definition) is 1. The van der Waals surface area contributed by atoms with E-state index in [0.717, 1.165) is 50.0 Å². The van der Waals surface area contributed by atoms with Crippen LogP contribution < -0.4 is 5.32 Å². The van der Waals surface area contributed by atoms with Crippen LogP contribution in [0.5, 0.6) is 0 Å². The van der Waals surface area contributed by atoms with Crippen LogP contribution in [0.2, 0.25) is 0 Å². The van der Waals surface area contributed by atoms with Crippen molar-refractivity contribution in [1.29, 1.82) is 0 Å². The number of ether oxygens (including phenoxy) is 1. The molecule has 5 nitrogen and oxygen atoms in total. The topological polar surface area (TPSA) is 50.0 Å². The second kappa shape index (κ2) is 9.43. The SMILES string of the molecule is CCNC(=NCc1oc2ccccc2c1C)N1CCC(COC)C1.I. The summed E-state index contributed by atoms with van der Waals surface area (Å²) in [6.45, 7) is 8.48. The number of para-hydroxylation sites is 1. The van der Waals surface area contributed by atoms with Gasteiger partial charge < -0.3 is 19.4 Å². The summed E-state index contributed by atoms with van der Waals surface area (Å²) in [5, 5.41) is 4.58. The molecule has 3 rings (SSSR count). The average molecular weight is 457 g/mol. The normalized spacial score (nSPS) is 17.8. The van der Waals surface area contributed by atoms with Crippen LogP contribution in [0.25, 0.3) is 11.0 Å².